The minimum atomic E-state index is -3.71. The number of rotatable bonds is 1. The van der Waals surface area contributed by atoms with Crippen LogP contribution in [-0.2, 0) is 10.2 Å². The van der Waals surface area contributed by atoms with E-state index in [0.717, 1.165) is 5.56 Å². The monoisotopic (exact) mass is 292 g/mol. The molecule has 1 N–H and O–H groups in total. The quantitative estimate of drug-likeness (QED) is 0.878. The van der Waals surface area contributed by atoms with Crippen LogP contribution in [0, 0.1) is 0 Å². The molecule has 19 heavy (non-hydrogen) atoms. The molecule has 0 aromatic heterocycles. The third kappa shape index (κ3) is 2.34. The van der Waals surface area contributed by atoms with Gasteiger partial charge in [-0.05, 0) is 18.2 Å². The Labute approximate surface area is 115 Å². The molecular weight excluding hydrogens is 284 g/mol. The maximum Gasteiger partial charge on any atom is 0.342 e. The van der Waals surface area contributed by atoms with Crippen molar-refractivity contribution >= 4 is 33.2 Å². The lowest BCUT2D eigenvalue weighted by atomic mass is 10.0. The first-order valence-electron chi connectivity index (χ1n) is 5.53. The van der Waals surface area contributed by atoms with Gasteiger partial charge < -0.3 is 0 Å². The van der Waals surface area contributed by atoms with Crippen LogP contribution >= 0.6 is 11.6 Å². The van der Waals surface area contributed by atoms with Gasteiger partial charge in [0.2, 0.25) is 0 Å². The molecule has 4 nitrogen and oxygen atoms in total. The van der Waals surface area contributed by atoms with E-state index in [9.17, 15) is 8.42 Å². The zero-order valence-electron chi connectivity index (χ0n) is 9.67. The van der Waals surface area contributed by atoms with Gasteiger partial charge in [-0.3, -0.25) is 4.72 Å². The Morgan fingerprint density at radius 3 is 2.53 bits per heavy atom. The highest BCUT2D eigenvalue weighted by Gasteiger charge is 2.23. The van der Waals surface area contributed by atoms with Crippen LogP contribution in [0.15, 0.2) is 52.9 Å². The highest BCUT2D eigenvalue weighted by atomic mass is 35.5. The van der Waals surface area contributed by atoms with Crippen molar-refractivity contribution in [1.82, 2.24) is 0 Å². The lowest BCUT2D eigenvalue weighted by Gasteiger charge is -2.18. The number of halogens is 1. The van der Waals surface area contributed by atoms with Gasteiger partial charge in [0.1, 0.15) is 0 Å². The maximum absolute atomic E-state index is 11.8. The third-order valence-electron chi connectivity index (χ3n) is 2.73. The fraction of sp³-hybridized carbons (Fsp3) is 0. The zero-order valence-corrected chi connectivity index (χ0v) is 11.2. The average Bonchev–Trinajstić information content (AvgIpc) is 2.39. The summed E-state index contributed by atoms with van der Waals surface area (Å²) in [5.41, 5.74) is 2.29. The standard InChI is InChI=1S/C13H9ClN2O2S/c14-10-6-7-12-11(8-10)13(16-19(17,18)15-12)9-4-2-1-3-5-9/h1-8,15H. The third-order valence-corrected chi connectivity index (χ3v) is 3.87. The van der Waals surface area contributed by atoms with E-state index in [2.05, 4.69) is 9.12 Å². The molecule has 3 rings (SSSR count). The van der Waals surface area contributed by atoms with Crippen LogP contribution < -0.4 is 4.72 Å². The van der Waals surface area contributed by atoms with E-state index in [0.29, 0.717) is 22.0 Å². The Bertz CT molecular complexity index is 770. The van der Waals surface area contributed by atoms with Crippen LogP contribution in [0.25, 0.3) is 0 Å². The predicted octanol–water partition coefficient (Wildman–Crippen LogP) is 2.85. The number of nitrogens with zero attached hydrogens (tertiary/aromatic N) is 1. The molecule has 0 saturated carbocycles. The molecule has 0 radical (unpaired) electrons. The molecule has 0 bridgehead atoms. The van der Waals surface area contributed by atoms with Crippen molar-refractivity contribution in [2.45, 2.75) is 0 Å². The topological polar surface area (TPSA) is 58.5 Å². The van der Waals surface area contributed by atoms with Gasteiger partial charge in [-0.2, -0.15) is 8.42 Å². The summed E-state index contributed by atoms with van der Waals surface area (Å²) >= 11 is 5.97. The van der Waals surface area contributed by atoms with E-state index in [1.807, 2.05) is 30.3 Å². The lowest BCUT2D eigenvalue weighted by Crippen LogP contribution is -2.21. The zero-order chi connectivity index (χ0) is 13.5. The molecule has 0 amide bonds. The molecule has 1 aliphatic heterocycles. The summed E-state index contributed by atoms with van der Waals surface area (Å²) in [5, 5.41) is 0.531. The Balaban J connectivity index is 2.28. The van der Waals surface area contributed by atoms with E-state index < -0.39 is 10.2 Å². The summed E-state index contributed by atoms with van der Waals surface area (Å²) in [5.74, 6) is 0. The van der Waals surface area contributed by atoms with Crippen LogP contribution in [-0.4, -0.2) is 14.1 Å². The molecule has 0 unspecified atom stereocenters. The fourth-order valence-electron chi connectivity index (χ4n) is 1.94. The SMILES string of the molecule is O=S1(=O)N=C(c2ccccc2)c2cc(Cl)ccc2N1. The number of hydrogen-bond acceptors (Lipinski definition) is 2. The number of hydrogen-bond donors (Lipinski definition) is 1. The van der Waals surface area contributed by atoms with E-state index in [-0.39, 0.29) is 0 Å². The molecule has 0 atom stereocenters. The lowest BCUT2D eigenvalue weighted by molar-refractivity contribution is 0.603. The van der Waals surface area contributed by atoms with Crippen molar-refractivity contribution in [1.29, 1.82) is 0 Å². The molecule has 0 spiro atoms. The summed E-state index contributed by atoms with van der Waals surface area (Å²) in [7, 11) is -3.71. The highest BCUT2D eigenvalue weighted by molar-refractivity contribution is 7.91. The summed E-state index contributed by atoms with van der Waals surface area (Å²) in [6.45, 7) is 0. The van der Waals surface area contributed by atoms with Gasteiger partial charge in [0.15, 0.2) is 0 Å². The molecule has 6 heteroatoms. The molecule has 96 valence electrons. The average molecular weight is 293 g/mol. The summed E-state index contributed by atoms with van der Waals surface area (Å²) in [4.78, 5) is 0. The summed E-state index contributed by atoms with van der Waals surface area (Å²) in [6, 6.07) is 14.1. The maximum atomic E-state index is 11.8. The van der Waals surface area contributed by atoms with Gasteiger partial charge in [0.05, 0.1) is 11.4 Å². The molecule has 2 aromatic carbocycles. The van der Waals surface area contributed by atoms with E-state index in [1.165, 1.54) is 0 Å². The first-order chi connectivity index (χ1) is 9.05. The molecule has 0 saturated heterocycles. The molecule has 0 aliphatic carbocycles. The molecule has 0 fully saturated rings. The minimum absolute atomic E-state index is 0.400. The number of nitrogens with one attached hydrogen (secondary N) is 1. The first-order valence-corrected chi connectivity index (χ1v) is 7.35. The summed E-state index contributed by atoms with van der Waals surface area (Å²) < 4.78 is 29.7. The van der Waals surface area contributed by atoms with Gasteiger partial charge >= 0.3 is 10.2 Å². The van der Waals surface area contributed by atoms with E-state index in [4.69, 9.17) is 11.6 Å². The molecule has 1 aliphatic rings. The van der Waals surface area contributed by atoms with E-state index in [1.54, 1.807) is 18.2 Å². The number of fused-ring (bicyclic) bond motifs is 1. The van der Waals surface area contributed by atoms with Crippen LogP contribution in [0.1, 0.15) is 11.1 Å². The largest absolute Gasteiger partial charge is 0.342 e. The van der Waals surface area contributed by atoms with Crippen molar-refractivity contribution in [3.8, 4) is 0 Å². The molecule has 2 aromatic rings. The molecule has 1 heterocycles. The first kappa shape index (κ1) is 12.2. The normalized spacial score (nSPS) is 16.2. The van der Waals surface area contributed by atoms with Crippen molar-refractivity contribution < 1.29 is 8.42 Å². The second-order valence-corrected chi connectivity index (χ2v) is 5.85. The van der Waals surface area contributed by atoms with Crippen molar-refractivity contribution in [3.05, 3.63) is 64.7 Å². The summed E-state index contributed by atoms with van der Waals surface area (Å²) in [6.07, 6.45) is 0. The van der Waals surface area contributed by atoms with Gasteiger partial charge in [0.25, 0.3) is 0 Å². The number of benzene rings is 2. The number of anilines is 1. The Morgan fingerprint density at radius 1 is 1.05 bits per heavy atom. The Morgan fingerprint density at radius 2 is 1.79 bits per heavy atom. The highest BCUT2D eigenvalue weighted by Crippen LogP contribution is 2.28. The Kier molecular flexibility index (Phi) is 2.80. The second-order valence-electron chi connectivity index (χ2n) is 4.07. The van der Waals surface area contributed by atoms with Crippen LogP contribution in [0.5, 0.6) is 0 Å². The molecular formula is C13H9ClN2O2S. The van der Waals surface area contributed by atoms with Gasteiger partial charge in [-0.25, -0.2) is 0 Å². The van der Waals surface area contributed by atoms with Gasteiger partial charge in [-0.15, -0.1) is 4.40 Å². The minimum Gasteiger partial charge on any atom is -0.264 e. The van der Waals surface area contributed by atoms with Crippen molar-refractivity contribution in [3.63, 3.8) is 0 Å². The van der Waals surface area contributed by atoms with Crippen LogP contribution in [0.3, 0.4) is 0 Å². The predicted molar refractivity (Wildman–Crippen MR) is 76.1 cm³/mol. The van der Waals surface area contributed by atoms with Gasteiger partial charge in [0, 0.05) is 16.1 Å². The van der Waals surface area contributed by atoms with Crippen molar-refractivity contribution in [2.24, 2.45) is 4.40 Å². The Hall–Kier alpha value is -1.85. The van der Waals surface area contributed by atoms with E-state index >= 15 is 0 Å². The van der Waals surface area contributed by atoms with Gasteiger partial charge in [-0.1, -0.05) is 41.9 Å². The van der Waals surface area contributed by atoms with Crippen LogP contribution in [0.4, 0.5) is 5.69 Å². The van der Waals surface area contributed by atoms with Crippen molar-refractivity contribution in [2.75, 3.05) is 4.72 Å². The fourth-order valence-corrected chi connectivity index (χ4v) is 3.05. The smallest absolute Gasteiger partial charge is 0.264 e. The second kappa shape index (κ2) is 4.36. The van der Waals surface area contributed by atoms with Crippen LogP contribution in [0.2, 0.25) is 5.02 Å².